The topological polar surface area (TPSA) is 32.3 Å². The molecule has 0 atom stereocenters. The summed E-state index contributed by atoms with van der Waals surface area (Å²) in [6, 6.07) is 0.258. The van der Waals surface area contributed by atoms with Crippen LogP contribution >= 0.6 is 0 Å². The Morgan fingerprint density at radius 2 is 1.82 bits per heavy atom. The summed E-state index contributed by atoms with van der Waals surface area (Å²) in [7, 11) is 0. The van der Waals surface area contributed by atoms with Crippen molar-refractivity contribution in [1.82, 2.24) is 10.2 Å². The van der Waals surface area contributed by atoms with Crippen LogP contribution in [0.15, 0.2) is 0 Å². The van der Waals surface area contributed by atoms with Crippen molar-refractivity contribution in [2.45, 2.75) is 53.0 Å². The van der Waals surface area contributed by atoms with Gasteiger partial charge in [0.2, 0.25) is 5.91 Å². The molecular weight excluding hydrogens is 212 g/mol. The first kappa shape index (κ1) is 14.5. The summed E-state index contributed by atoms with van der Waals surface area (Å²) in [5, 5.41) is 2.94. The minimum Gasteiger partial charge on any atom is -0.354 e. The van der Waals surface area contributed by atoms with Gasteiger partial charge in [0.05, 0.1) is 0 Å². The maximum absolute atomic E-state index is 11.5. The summed E-state index contributed by atoms with van der Waals surface area (Å²) in [4.78, 5) is 14.0. The molecule has 0 spiro atoms. The molecule has 1 fully saturated rings. The van der Waals surface area contributed by atoms with Crippen LogP contribution in [0.1, 0.15) is 47.0 Å². The lowest BCUT2D eigenvalue weighted by molar-refractivity contribution is -0.122. The van der Waals surface area contributed by atoms with Gasteiger partial charge in [-0.25, -0.2) is 0 Å². The fraction of sp³-hybridized carbons (Fsp3) is 0.929. The van der Waals surface area contributed by atoms with Crippen molar-refractivity contribution in [3.8, 4) is 0 Å². The van der Waals surface area contributed by atoms with E-state index in [1.807, 2.05) is 13.8 Å². The van der Waals surface area contributed by atoms with Crippen LogP contribution in [0, 0.1) is 11.8 Å². The highest BCUT2D eigenvalue weighted by atomic mass is 16.1. The molecule has 17 heavy (non-hydrogen) atoms. The molecule has 1 heterocycles. The number of piperidine rings is 1. The Hall–Kier alpha value is -0.570. The molecule has 1 amide bonds. The normalized spacial score (nSPS) is 18.9. The molecule has 1 saturated heterocycles. The lowest BCUT2D eigenvalue weighted by atomic mass is 9.87. The first-order valence-corrected chi connectivity index (χ1v) is 7.00. The quantitative estimate of drug-likeness (QED) is 0.799. The molecule has 0 aromatic rings. The molecule has 3 nitrogen and oxygen atoms in total. The Kier molecular flexibility index (Phi) is 5.96. The fourth-order valence-electron chi connectivity index (χ4n) is 2.50. The molecule has 0 aliphatic carbocycles. The first-order chi connectivity index (χ1) is 7.99. The lowest BCUT2D eigenvalue weighted by Gasteiger charge is -2.33. The number of nitrogens with zero attached hydrogens (tertiary/aromatic N) is 1. The van der Waals surface area contributed by atoms with Crippen molar-refractivity contribution in [2.24, 2.45) is 11.8 Å². The van der Waals surface area contributed by atoms with E-state index in [1.165, 1.54) is 12.8 Å². The summed E-state index contributed by atoms with van der Waals surface area (Å²) in [6.45, 7) is 11.9. The molecule has 100 valence electrons. The molecule has 0 aromatic carbocycles. The first-order valence-electron chi connectivity index (χ1n) is 7.00. The van der Waals surface area contributed by atoms with Gasteiger partial charge in [0.25, 0.3) is 0 Å². The van der Waals surface area contributed by atoms with E-state index in [4.69, 9.17) is 0 Å². The minimum absolute atomic E-state index is 0.186. The maximum Gasteiger partial charge on any atom is 0.221 e. The molecule has 0 unspecified atom stereocenters. The number of likely N-dealkylation sites (tertiary alicyclic amines) is 1. The summed E-state index contributed by atoms with van der Waals surface area (Å²) in [6.07, 6.45) is 3.23. The van der Waals surface area contributed by atoms with E-state index < -0.39 is 0 Å². The highest BCUT2D eigenvalue weighted by molar-refractivity contribution is 5.76. The molecule has 1 aliphatic rings. The van der Waals surface area contributed by atoms with Crippen LogP contribution in [0.25, 0.3) is 0 Å². The SMILES string of the molecule is CC(C)NC(=O)CCN1CCC(C(C)C)CC1. The largest absolute Gasteiger partial charge is 0.354 e. The third-order valence-corrected chi connectivity index (χ3v) is 3.68. The Labute approximate surface area is 106 Å². The molecule has 1 aliphatic heterocycles. The van der Waals surface area contributed by atoms with Crippen molar-refractivity contribution in [2.75, 3.05) is 19.6 Å². The smallest absolute Gasteiger partial charge is 0.221 e. The van der Waals surface area contributed by atoms with Gasteiger partial charge >= 0.3 is 0 Å². The second-order valence-corrected chi connectivity index (χ2v) is 5.90. The van der Waals surface area contributed by atoms with E-state index >= 15 is 0 Å². The number of nitrogens with one attached hydrogen (secondary N) is 1. The Bertz CT molecular complexity index is 230. The monoisotopic (exact) mass is 240 g/mol. The van der Waals surface area contributed by atoms with Crippen molar-refractivity contribution in [3.05, 3.63) is 0 Å². The standard InChI is InChI=1S/C14H28N2O/c1-11(2)13-5-8-16(9-6-13)10-7-14(17)15-12(3)4/h11-13H,5-10H2,1-4H3,(H,15,17). The molecule has 1 rings (SSSR count). The number of rotatable bonds is 5. The zero-order valence-electron chi connectivity index (χ0n) is 11.8. The molecule has 0 saturated carbocycles. The van der Waals surface area contributed by atoms with Gasteiger partial charge in [-0.05, 0) is 51.6 Å². The van der Waals surface area contributed by atoms with E-state index in [-0.39, 0.29) is 11.9 Å². The van der Waals surface area contributed by atoms with E-state index in [0.717, 1.165) is 31.5 Å². The van der Waals surface area contributed by atoms with Crippen LogP contribution in [0.2, 0.25) is 0 Å². The number of carbonyl (C=O) groups excluding carboxylic acids is 1. The van der Waals surface area contributed by atoms with E-state index in [2.05, 4.69) is 24.1 Å². The fourth-order valence-corrected chi connectivity index (χ4v) is 2.50. The molecule has 0 radical (unpaired) electrons. The Balaban J connectivity index is 2.16. The van der Waals surface area contributed by atoms with Crippen LogP contribution in [0.5, 0.6) is 0 Å². The van der Waals surface area contributed by atoms with Gasteiger partial charge in [0.1, 0.15) is 0 Å². The van der Waals surface area contributed by atoms with Gasteiger partial charge in [-0.3, -0.25) is 4.79 Å². The molecule has 3 heteroatoms. The average Bonchev–Trinajstić information content (AvgIpc) is 2.26. The second-order valence-electron chi connectivity index (χ2n) is 5.90. The summed E-state index contributed by atoms with van der Waals surface area (Å²) in [5.74, 6) is 1.88. The average molecular weight is 240 g/mol. The molecule has 1 N–H and O–H groups in total. The van der Waals surface area contributed by atoms with E-state index in [0.29, 0.717) is 6.42 Å². The van der Waals surface area contributed by atoms with Gasteiger partial charge in [-0.15, -0.1) is 0 Å². The van der Waals surface area contributed by atoms with Crippen LogP contribution in [-0.4, -0.2) is 36.5 Å². The van der Waals surface area contributed by atoms with Crippen LogP contribution < -0.4 is 5.32 Å². The van der Waals surface area contributed by atoms with Gasteiger partial charge in [-0.2, -0.15) is 0 Å². The Morgan fingerprint density at radius 1 is 1.24 bits per heavy atom. The summed E-state index contributed by atoms with van der Waals surface area (Å²) < 4.78 is 0. The predicted molar refractivity (Wildman–Crippen MR) is 71.9 cm³/mol. The molecular formula is C14H28N2O. The Morgan fingerprint density at radius 3 is 2.29 bits per heavy atom. The van der Waals surface area contributed by atoms with Crippen LogP contribution in [0.3, 0.4) is 0 Å². The second kappa shape index (κ2) is 7.00. The predicted octanol–water partition coefficient (Wildman–Crippen LogP) is 2.27. The third-order valence-electron chi connectivity index (χ3n) is 3.68. The van der Waals surface area contributed by atoms with Gasteiger partial charge < -0.3 is 10.2 Å². The number of carbonyl (C=O) groups is 1. The van der Waals surface area contributed by atoms with E-state index in [9.17, 15) is 4.79 Å². The zero-order chi connectivity index (χ0) is 12.8. The maximum atomic E-state index is 11.5. The van der Waals surface area contributed by atoms with Crippen LogP contribution in [0.4, 0.5) is 0 Å². The van der Waals surface area contributed by atoms with Crippen molar-refractivity contribution in [1.29, 1.82) is 0 Å². The van der Waals surface area contributed by atoms with Crippen molar-refractivity contribution < 1.29 is 4.79 Å². The summed E-state index contributed by atoms with van der Waals surface area (Å²) in [5.41, 5.74) is 0. The molecule has 0 aromatic heterocycles. The number of hydrogen-bond donors (Lipinski definition) is 1. The molecule has 0 bridgehead atoms. The highest BCUT2D eigenvalue weighted by Crippen LogP contribution is 2.24. The van der Waals surface area contributed by atoms with Crippen molar-refractivity contribution in [3.63, 3.8) is 0 Å². The van der Waals surface area contributed by atoms with Crippen LogP contribution in [-0.2, 0) is 4.79 Å². The number of amides is 1. The highest BCUT2D eigenvalue weighted by Gasteiger charge is 2.21. The van der Waals surface area contributed by atoms with E-state index in [1.54, 1.807) is 0 Å². The van der Waals surface area contributed by atoms with Gasteiger partial charge in [0, 0.05) is 19.0 Å². The minimum atomic E-state index is 0.186. The zero-order valence-corrected chi connectivity index (χ0v) is 11.8. The number of hydrogen-bond acceptors (Lipinski definition) is 2. The lowest BCUT2D eigenvalue weighted by Crippen LogP contribution is -2.38. The van der Waals surface area contributed by atoms with Crippen molar-refractivity contribution >= 4 is 5.91 Å². The van der Waals surface area contributed by atoms with Gasteiger partial charge in [0.15, 0.2) is 0 Å². The summed E-state index contributed by atoms with van der Waals surface area (Å²) >= 11 is 0. The third kappa shape index (κ3) is 5.53. The van der Waals surface area contributed by atoms with Gasteiger partial charge in [-0.1, -0.05) is 13.8 Å².